The molecule has 3 rings (SSSR count). The lowest BCUT2D eigenvalue weighted by molar-refractivity contribution is -0.132. The van der Waals surface area contributed by atoms with Crippen LogP contribution >= 0.6 is 0 Å². The molecule has 0 bridgehead atoms. The van der Waals surface area contributed by atoms with E-state index in [1.54, 1.807) is 5.01 Å². The number of carbonyl (C=O) groups excluding carboxylic acids is 1. The fourth-order valence-electron chi connectivity index (χ4n) is 3.22. The topological polar surface area (TPSA) is 41.9 Å². The Hall–Kier alpha value is -2.62. The van der Waals surface area contributed by atoms with Crippen molar-refractivity contribution in [3.05, 3.63) is 65.2 Å². The molecule has 0 radical (unpaired) electrons. The Balaban J connectivity index is 1.86. The molecule has 0 saturated heterocycles. The maximum atomic E-state index is 12.4. The van der Waals surface area contributed by atoms with E-state index in [0.29, 0.717) is 13.0 Å². The van der Waals surface area contributed by atoms with Crippen molar-refractivity contribution in [2.45, 2.75) is 46.1 Å². The van der Waals surface area contributed by atoms with Gasteiger partial charge in [0.15, 0.2) is 0 Å². The lowest BCUT2D eigenvalue weighted by Crippen LogP contribution is -2.26. The van der Waals surface area contributed by atoms with E-state index < -0.39 is 0 Å². The molecule has 136 valence electrons. The van der Waals surface area contributed by atoms with Crippen molar-refractivity contribution >= 4 is 11.6 Å². The van der Waals surface area contributed by atoms with Gasteiger partial charge in [0.05, 0.1) is 18.4 Å². The molecule has 4 nitrogen and oxygen atoms in total. The molecule has 0 aromatic heterocycles. The molecule has 1 heterocycles. The summed E-state index contributed by atoms with van der Waals surface area (Å²) in [5.74, 6) is 0.901. The molecule has 1 unspecified atom stereocenters. The number of amides is 1. The highest BCUT2D eigenvalue weighted by Gasteiger charge is 2.32. The van der Waals surface area contributed by atoms with Crippen molar-refractivity contribution in [2.75, 3.05) is 6.61 Å². The Bertz CT molecular complexity index is 779. The molecule has 1 aliphatic rings. The summed E-state index contributed by atoms with van der Waals surface area (Å²) in [7, 11) is 0. The number of hydrogen-bond donors (Lipinski definition) is 0. The first-order chi connectivity index (χ1) is 12.7. The first-order valence-electron chi connectivity index (χ1n) is 9.37. The van der Waals surface area contributed by atoms with Gasteiger partial charge in [-0.25, -0.2) is 5.01 Å². The lowest BCUT2D eigenvalue weighted by Gasteiger charge is -2.21. The van der Waals surface area contributed by atoms with Gasteiger partial charge in [0.25, 0.3) is 0 Å². The summed E-state index contributed by atoms with van der Waals surface area (Å²) in [5, 5.41) is 6.32. The Morgan fingerprint density at radius 2 is 1.77 bits per heavy atom. The molecular weight excluding hydrogens is 324 g/mol. The molecule has 1 aliphatic heterocycles. The van der Waals surface area contributed by atoms with Crippen LogP contribution in [-0.4, -0.2) is 23.2 Å². The smallest absolute Gasteiger partial charge is 0.242 e. The van der Waals surface area contributed by atoms with Gasteiger partial charge in [0, 0.05) is 12.8 Å². The normalized spacial score (nSPS) is 16.5. The molecule has 0 saturated carbocycles. The van der Waals surface area contributed by atoms with Gasteiger partial charge in [-0.15, -0.1) is 0 Å². The third kappa shape index (κ3) is 3.79. The number of aryl methyl sites for hydroxylation is 1. The van der Waals surface area contributed by atoms with Gasteiger partial charge in [0.2, 0.25) is 5.91 Å². The number of hydrazone groups is 1. The highest BCUT2D eigenvalue weighted by Crippen LogP contribution is 2.33. The second kappa shape index (κ2) is 8.17. The largest absolute Gasteiger partial charge is 0.494 e. The standard InChI is InChI=1S/C22H26N2O2/c1-4-16-7-9-18(10-8-16)21-15-20(23-24(21)22(25)5-2)17-11-13-19(14-12-17)26-6-3/h7-14,21H,4-6,15H2,1-3H3. The summed E-state index contributed by atoms with van der Waals surface area (Å²) in [5.41, 5.74) is 4.41. The van der Waals surface area contributed by atoms with Crippen LogP contribution in [0.15, 0.2) is 53.6 Å². The summed E-state index contributed by atoms with van der Waals surface area (Å²) in [4.78, 5) is 12.4. The van der Waals surface area contributed by atoms with Gasteiger partial charge < -0.3 is 4.74 Å². The molecule has 2 aromatic rings. The van der Waals surface area contributed by atoms with Crippen LogP contribution in [0.2, 0.25) is 0 Å². The maximum absolute atomic E-state index is 12.4. The molecular formula is C22H26N2O2. The van der Waals surface area contributed by atoms with E-state index in [4.69, 9.17) is 4.74 Å². The number of ether oxygens (including phenoxy) is 1. The van der Waals surface area contributed by atoms with Crippen molar-refractivity contribution in [2.24, 2.45) is 5.10 Å². The number of nitrogens with zero attached hydrogens (tertiary/aromatic N) is 2. The van der Waals surface area contributed by atoms with Gasteiger partial charge >= 0.3 is 0 Å². The number of rotatable bonds is 6. The molecule has 4 heteroatoms. The van der Waals surface area contributed by atoms with E-state index in [1.807, 2.05) is 38.1 Å². The Labute approximate surface area is 155 Å². The second-order valence-electron chi connectivity index (χ2n) is 6.41. The minimum absolute atomic E-state index is 0.0325. The van der Waals surface area contributed by atoms with Gasteiger partial charge in [0.1, 0.15) is 5.75 Å². The van der Waals surface area contributed by atoms with Gasteiger partial charge in [-0.3, -0.25) is 4.79 Å². The van der Waals surface area contributed by atoms with Gasteiger partial charge in [-0.1, -0.05) is 38.1 Å². The first-order valence-corrected chi connectivity index (χ1v) is 9.37. The number of carbonyl (C=O) groups is 1. The van der Waals surface area contributed by atoms with Crippen molar-refractivity contribution < 1.29 is 9.53 Å². The first kappa shape index (κ1) is 18.2. The van der Waals surface area contributed by atoms with Crippen LogP contribution in [0.4, 0.5) is 0 Å². The summed E-state index contributed by atoms with van der Waals surface area (Å²) < 4.78 is 5.51. The van der Waals surface area contributed by atoms with Gasteiger partial charge in [-0.05, 0) is 54.3 Å². The number of benzene rings is 2. The van der Waals surface area contributed by atoms with E-state index >= 15 is 0 Å². The average Bonchev–Trinajstić information content (AvgIpc) is 3.13. The lowest BCUT2D eigenvalue weighted by atomic mass is 9.97. The minimum Gasteiger partial charge on any atom is -0.494 e. The van der Waals surface area contributed by atoms with Crippen LogP contribution in [0, 0.1) is 0 Å². The van der Waals surface area contributed by atoms with Crippen LogP contribution in [0.5, 0.6) is 5.75 Å². The molecule has 1 atom stereocenters. The fraction of sp³-hybridized carbons (Fsp3) is 0.364. The summed E-state index contributed by atoms with van der Waals surface area (Å²) in [6.45, 7) is 6.64. The summed E-state index contributed by atoms with van der Waals surface area (Å²) in [6.07, 6.45) is 2.19. The van der Waals surface area contributed by atoms with Crippen LogP contribution in [0.1, 0.15) is 56.3 Å². The van der Waals surface area contributed by atoms with Crippen LogP contribution in [0.25, 0.3) is 0 Å². The van der Waals surface area contributed by atoms with Crippen LogP contribution in [-0.2, 0) is 11.2 Å². The highest BCUT2D eigenvalue weighted by molar-refractivity contribution is 6.03. The average molecular weight is 350 g/mol. The van der Waals surface area contributed by atoms with Crippen molar-refractivity contribution in [1.82, 2.24) is 5.01 Å². The third-order valence-electron chi connectivity index (χ3n) is 4.74. The SMILES string of the molecule is CCOc1ccc(C2=NN(C(=O)CC)C(c3ccc(CC)cc3)C2)cc1. The zero-order valence-corrected chi connectivity index (χ0v) is 15.7. The molecule has 0 aliphatic carbocycles. The van der Waals surface area contributed by atoms with E-state index in [1.165, 1.54) is 5.56 Å². The fourth-order valence-corrected chi connectivity index (χ4v) is 3.22. The van der Waals surface area contributed by atoms with E-state index in [2.05, 4.69) is 36.3 Å². The Kier molecular flexibility index (Phi) is 5.71. The molecule has 0 fully saturated rings. The molecule has 0 N–H and O–H groups in total. The monoisotopic (exact) mass is 350 g/mol. The molecule has 0 spiro atoms. The quantitative estimate of drug-likeness (QED) is 0.755. The Morgan fingerprint density at radius 1 is 1.08 bits per heavy atom. The maximum Gasteiger partial charge on any atom is 0.242 e. The molecule has 2 aromatic carbocycles. The predicted octanol–water partition coefficient (Wildman–Crippen LogP) is 4.74. The predicted molar refractivity (Wildman–Crippen MR) is 104 cm³/mol. The van der Waals surface area contributed by atoms with E-state index in [9.17, 15) is 4.79 Å². The minimum atomic E-state index is -0.0325. The third-order valence-corrected chi connectivity index (χ3v) is 4.74. The zero-order valence-electron chi connectivity index (χ0n) is 15.7. The van der Waals surface area contributed by atoms with Crippen molar-refractivity contribution in [1.29, 1.82) is 0 Å². The summed E-state index contributed by atoms with van der Waals surface area (Å²) >= 11 is 0. The van der Waals surface area contributed by atoms with Crippen molar-refractivity contribution in [3.8, 4) is 5.75 Å². The molecule has 1 amide bonds. The van der Waals surface area contributed by atoms with Crippen LogP contribution < -0.4 is 4.74 Å². The van der Waals surface area contributed by atoms with Gasteiger partial charge in [-0.2, -0.15) is 5.10 Å². The Morgan fingerprint density at radius 3 is 2.35 bits per heavy atom. The highest BCUT2D eigenvalue weighted by atomic mass is 16.5. The van der Waals surface area contributed by atoms with E-state index in [-0.39, 0.29) is 11.9 Å². The summed E-state index contributed by atoms with van der Waals surface area (Å²) in [6, 6.07) is 16.4. The van der Waals surface area contributed by atoms with Crippen LogP contribution in [0.3, 0.4) is 0 Å². The van der Waals surface area contributed by atoms with E-state index in [0.717, 1.165) is 35.4 Å². The number of hydrogen-bond acceptors (Lipinski definition) is 3. The molecule has 26 heavy (non-hydrogen) atoms. The second-order valence-corrected chi connectivity index (χ2v) is 6.41. The van der Waals surface area contributed by atoms with Crippen molar-refractivity contribution in [3.63, 3.8) is 0 Å². The zero-order chi connectivity index (χ0) is 18.5.